The Bertz CT molecular complexity index is 102. The molecule has 0 rings (SSSR count). The monoisotopic (exact) mass is 194 g/mol. The van der Waals surface area contributed by atoms with Crippen LogP contribution >= 0.6 is 11.1 Å². The molecule has 0 aromatic heterocycles. The van der Waals surface area contributed by atoms with Crippen molar-refractivity contribution in [1.29, 1.82) is 0 Å². The zero-order chi connectivity index (χ0) is 8.91. The lowest BCUT2D eigenvalue weighted by molar-refractivity contribution is 0.266. The van der Waals surface area contributed by atoms with Crippen LogP contribution in [0.3, 0.4) is 0 Å². The fourth-order valence-corrected chi connectivity index (χ4v) is 2.50. The SMILES string of the molecule is CC[Si](Cl)(CC)OCC(C)C. The Balaban J connectivity index is 3.69. The van der Waals surface area contributed by atoms with Gasteiger partial charge >= 0.3 is 0 Å². The first-order chi connectivity index (χ1) is 5.04. The van der Waals surface area contributed by atoms with Gasteiger partial charge in [0, 0.05) is 6.61 Å². The van der Waals surface area contributed by atoms with Gasteiger partial charge in [0.2, 0.25) is 0 Å². The minimum atomic E-state index is -1.79. The Kier molecular flexibility index (Phi) is 5.39. The molecule has 0 heterocycles. The van der Waals surface area contributed by atoms with Gasteiger partial charge in [-0.1, -0.05) is 27.7 Å². The summed E-state index contributed by atoms with van der Waals surface area (Å²) in [5.74, 6) is 0.596. The normalized spacial score (nSPS) is 12.5. The van der Waals surface area contributed by atoms with E-state index in [2.05, 4.69) is 27.7 Å². The molecule has 0 unspecified atom stereocenters. The van der Waals surface area contributed by atoms with Crippen molar-refractivity contribution in [2.24, 2.45) is 5.92 Å². The molecule has 0 aliphatic heterocycles. The number of hydrogen-bond acceptors (Lipinski definition) is 1. The Morgan fingerprint density at radius 1 is 1.27 bits per heavy atom. The van der Waals surface area contributed by atoms with Crippen molar-refractivity contribution in [2.45, 2.75) is 39.8 Å². The molecule has 0 amide bonds. The second-order valence-electron chi connectivity index (χ2n) is 3.30. The zero-order valence-electron chi connectivity index (χ0n) is 7.98. The molecule has 0 aliphatic rings. The van der Waals surface area contributed by atoms with Crippen molar-refractivity contribution in [1.82, 2.24) is 0 Å². The van der Waals surface area contributed by atoms with Gasteiger partial charge in [-0.25, -0.2) is 0 Å². The van der Waals surface area contributed by atoms with Crippen molar-refractivity contribution < 1.29 is 4.43 Å². The average molecular weight is 195 g/mol. The highest BCUT2D eigenvalue weighted by Gasteiger charge is 2.28. The smallest absolute Gasteiger partial charge is 0.289 e. The number of halogens is 1. The molecule has 0 spiro atoms. The predicted molar refractivity (Wildman–Crippen MR) is 53.4 cm³/mol. The van der Waals surface area contributed by atoms with Crippen LogP contribution in [0.1, 0.15) is 27.7 Å². The van der Waals surface area contributed by atoms with Gasteiger partial charge in [0.1, 0.15) is 0 Å². The van der Waals surface area contributed by atoms with Crippen LogP contribution in [0.5, 0.6) is 0 Å². The van der Waals surface area contributed by atoms with E-state index in [4.69, 9.17) is 15.5 Å². The summed E-state index contributed by atoms with van der Waals surface area (Å²) in [6, 6.07) is 2.02. The molecule has 0 aromatic carbocycles. The molecule has 0 N–H and O–H groups in total. The predicted octanol–water partition coefficient (Wildman–Crippen LogP) is 3.38. The molecule has 0 fully saturated rings. The van der Waals surface area contributed by atoms with Crippen LogP contribution in [0.25, 0.3) is 0 Å². The molecule has 0 bridgehead atoms. The highest BCUT2D eigenvalue weighted by molar-refractivity contribution is 7.16. The topological polar surface area (TPSA) is 9.23 Å². The van der Waals surface area contributed by atoms with E-state index in [1.54, 1.807) is 0 Å². The van der Waals surface area contributed by atoms with Crippen molar-refractivity contribution >= 4 is 18.7 Å². The minimum Gasteiger partial charge on any atom is -0.403 e. The van der Waals surface area contributed by atoms with Gasteiger partial charge in [0.25, 0.3) is 7.63 Å². The van der Waals surface area contributed by atoms with Crippen LogP contribution in [0.2, 0.25) is 12.1 Å². The van der Waals surface area contributed by atoms with E-state index in [9.17, 15) is 0 Å². The van der Waals surface area contributed by atoms with Gasteiger partial charge < -0.3 is 4.43 Å². The molecule has 68 valence electrons. The molecule has 3 heteroatoms. The summed E-state index contributed by atoms with van der Waals surface area (Å²) in [4.78, 5) is 0. The molecule has 1 nitrogen and oxygen atoms in total. The van der Waals surface area contributed by atoms with Gasteiger partial charge in [0.05, 0.1) is 0 Å². The van der Waals surface area contributed by atoms with E-state index in [-0.39, 0.29) is 0 Å². The van der Waals surface area contributed by atoms with Crippen molar-refractivity contribution in [3.63, 3.8) is 0 Å². The minimum absolute atomic E-state index is 0.596. The van der Waals surface area contributed by atoms with E-state index in [0.29, 0.717) is 5.92 Å². The van der Waals surface area contributed by atoms with Crippen molar-refractivity contribution in [3.8, 4) is 0 Å². The van der Waals surface area contributed by atoms with E-state index in [0.717, 1.165) is 18.7 Å². The Morgan fingerprint density at radius 3 is 2.00 bits per heavy atom. The first kappa shape index (κ1) is 11.5. The standard InChI is InChI=1S/C8H19ClOSi/c1-5-11(9,6-2)10-7-8(3)4/h8H,5-7H2,1-4H3. The fourth-order valence-electron chi connectivity index (χ4n) is 0.770. The maximum absolute atomic E-state index is 6.27. The molecule has 0 aromatic rings. The maximum Gasteiger partial charge on any atom is 0.289 e. The number of rotatable bonds is 5. The summed E-state index contributed by atoms with van der Waals surface area (Å²) in [7, 11) is -1.79. The highest BCUT2D eigenvalue weighted by Crippen LogP contribution is 2.21. The quantitative estimate of drug-likeness (QED) is 0.482. The summed E-state index contributed by atoms with van der Waals surface area (Å²) in [5.41, 5.74) is 0. The summed E-state index contributed by atoms with van der Waals surface area (Å²) in [5, 5.41) is 0. The zero-order valence-corrected chi connectivity index (χ0v) is 9.74. The third kappa shape index (κ3) is 4.83. The van der Waals surface area contributed by atoms with Crippen LogP contribution in [0.4, 0.5) is 0 Å². The van der Waals surface area contributed by atoms with Gasteiger partial charge in [0.15, 0.2) is 0 Å². The lowest BCUT2D eigenvalue weighted by Crippen LogP contribution is -2.31. The Morgan fingerprint density at radius 2 is 1.73 bits per heavy atom. The largest absolute Gasteiger partial charge is 0.403 e. The molecule has 11 heavy (non-hydrogen) atoms. The fraction of sp³-hybridized carbons (Fsp3) is 1.00. The third-order valence-corrected chi connectivity index (χ3v) is 6.46. The molecule has 0 aliphatic carbocycles. The van der Waals surface area contributed by atoms with Gasteiger partial charge in [-0.2, -0.15) is 0 Å². The molecule has 0 radical (unpaired) electrons. The molecule has 0 atom stereocenters. The molecular weight excluding hydrogens is 176 g/mol. The van der Waals surface area contributed by atoms with Gasteiger partial charge in [-0.3, -0.25) is 0 Å². The van der Waals surface area contributed by atoms with Gasteiger partial charge in [-0.05, 0) is 18.0 Å². The molecule has 0 saturated carbocycles. The van der Waals surface area contributed by atoms with E-state index >= 15 is 0 Å². The summed E-state index contributed by atoms with van der Waals surface area (Å²) < 4.78 is 5.69. The lowest BCUT2D eigenvalue weighted by Gasteiger charge is -2.22. The van der Waals surface area contributed by atoms with Crippen LogP contribution in [-0.4, -0.2) is 14.2 Å². The van der Waals surface area contributed by atoms with Crippen LogP contribution in [-0.2, 0) is 4.43 Å². The third-order valence-electron chi connectivity index (χ3n) is 1.73. The van der Waals surface area contributed by atoms with Crippen molar-refractivity contribution in [2.75, 3.05) is 6.61 Å². The second kappa shape index (κ2) is 5.17. The van der Waals surface area contributed by atoms with Crippen molar-refractivity contribution in [3.05, 3.63) is 0 Å². The van der Waals surface area contributed by atoms with E-state index in [1.165, 1.54) is 0 Å². The maximum atomic E-state index is 6.27. The summed E-state index contributed by atoms with van der Waals surface area (Å²) >= 11 is 6.27. The second-order valence-corrected chi connectivity index (χ2v) is 8.83. The lowest BCUT2D eigenvalue weighted by atomic mass is 10.2. The highest BCUT2D eigenvalue weighted by atomic mass is 35.6. The number of hydrogen-bond donors (Lipinski definition) is 0. The first-order valence-electron chi connectivity index (χ1n) is 4.37. The summed E-state index contributed by atoms with van der Waals surface area (Å²) in [6.07, 6.45) is 0. The Hall–Kier alpha value is 0.467. The van der Waals surface area contributed by atoms with Crippen LogP contribution in [0.15, 0.2) is 0 Å². The average Bonchev–Trinajstić information content (AvgIpc) is 2.00. The first-order valence-corrected chi connectivity index (χ1v) is 7.70. The van der Waals surface area contributed by atoms with E-state index in [1.807, 2.05) is 0 Å². The van der Waals surface area contributed by atoms with Gasteiger partial charge in [-0.15, -0.1) is 11.1 Å². The molecular formula is C8H19ClOSi. The summed E-state index contributed by atoms with van der Waals surface area (Å²) in [6.45, 7) is 9.34. The Labute approximate surface area is 75.9 Å². The van der Waals surface area contributed by atoms with Crippen LogP contribution < -0.4 is 0 Å². The van der Waals surface area contributed by atoms with Crippen LogP contribution in [0, 0.1) is 5.92 Å². The van der Waals surface area contributed by atoms with E-state index < -0.39 is 7.63 Å². The molecule has 0 saturated heterocycles.